The zero-order valence-corrected chi connectivity index (χ0v) is 15.4. The van der Waals surface area contributed by atoms with Crippen molar-refractivity contribution in [1.82, 2.24) is 5.32 Å². The molecule has 0 rings (SSSR count). The Labute approximate surface area is 135 Å². The number of amides is 1. The molecule has 0 aromatic heterocycles. The molecule has 0 bridgehead atoms. The maximum atomic E-state index is 12.5. The molecule has 0 spiro atoms. The van der Waals surface area contributed by atoms with Crippen molar-refractivity contribution < 1.29 is 14.7 Å². The van der Waals surface area contributed by atoms with Gasteiger partial charge in [0.05, 0.1) is 6.54 Å². The van der Waals surface area contributed by atoms with Crippen LogP contribution < -0.4 is 5.32 Å². The highest BCUT2D eigenvalue weighted by atomic mass is 16.3. The van der Waals surface area contributed by atoms with E-state index in [9.17, 15) is 14.7 Å². The lowest BCUT2D eigenvalue weighted by atomic mass is 9.65. The van der Waals surface area contributed by atoms with E-state index in [-0.39, 0.29) is 41.7 Å². The van der Waals surface area contributed by atoms with Crippen LogP contribution >= 0.6 is 0 Å². The van der Waals surface area contributed by atoms with E-state index in [2.05, 4.69) is 39.9 Å². The summed E-state index contributed by atoms with van der Waals surface area (Å²) in [5, 5.41) is 12.4. The van der Waals surface area contributed by atoms with Gasteiger partial charge in [0.15, 0.2) is 0 Å². The zero-order valence-electron chi connectivity index (χ0n) is 15.4. The number of hydrogen-bond donors (Lipinski definition) is 2. The summed E-state index contributed by atoms with van der Waals surface area (Å²) >= 11 is 0. The van der Waals surface area contributed by atoms with Crippen molar-refractivity contribution in [1.29, 1.82) is 0 Å². The Hall–Kier alpha value is -1.32. The van der Waals surface area contributed by atoms with E-state index < -0.39 is 5.41 Å². The van der Waals surface area contributed by atoms with Gasteiger partial charge < -0.3 is 10.4 Å². The minimum Gasteiger partial charge on any atom is -0.511 e. The molecule has 2 unspecified atom stereocenters. The van der Waals surface area contributed by atoms with Crippen LogP contribution in [0.25, 0.3) is 0 Å². The van der Waals surface area contributed by atoms with Crippen molar-refractivity contribution in [3.63, 3.8) is 0 Å². The Morgan fingerprint density at radius 3 is 2.00 bits per heavy atom. The molecule has 0 aromatic rings. The maximum Gasteiger partial charge on any atom is 0.226 e. The third kappa shape index (κ3) is 6.20. The predicted molar refractivity (Wildman–Crippen MR) is 90.6 cm³/mol. The van der Waals surface area contributed by atoms with Gasteiger partial charge in [-0.1, -0.05) is 48.5 Å². The molecule has 2 atom stereocenters. The molecule has 4 nitrogen and oxygen atoms in total. The van der Waals surface area contributed by atoms with Crippen LogP contribution in [0.4, 0.5) is 0 Å². The number of Topliss-reactive ketones (excluding diaryl/α,β-unsaturated/α-hetero) is 1. The summed E-state index contributed by atoms with van der Waals surface area (Å²) < 4.78 is 0. The summed E-state index contributed by atoms with van der Waals surface area (Å²) in [5.41, 5.74) is -0.409. The second-order valence-corrected chi connectivity index (χ2v) is 7.95. The van der Waals surface area contributed by atoms with E-state index in [4.69, 9.17) is 0 Å². The van der Waals surface area contributed by atoms with Crippen molar-refractivity contribution in [3.05, 3.63) is 11.8 Å². The number of allylic oxidation sites excluding steroid dienone is 1. The normalized spacial score (nSPS) is 16.1. The van der Waals surface area contributed by atoms with E-state index in [0.717, 1.165) is 0 Å². The minimum atomic E-state index is -0.534. The van der Waals surface area contributed by atoms with Crippen molar-refractivity contribution in [2.45, 2.75) is 61.8 Å². The van der Waals surface area contributed by atoms with Gasteiger partial charge in [-0.05, 0) is 30.3 Å². The van der Waals surface area contributed by atoms with E-state index >= 15 is 0 Å². The summed E-state index contributed by atoms with van der Waals surface area (Å²) in [6.07, 6.45) is 1.62. The lowest BCUT2D eigenvalue weighted by Gasteiger charge is -2.40. The third-order valence-electron chi connectivity index (χ3n) is 4.89. The number of aliphatic hydroxyl groups excluding tert-OH is 1. The topological polar surface area (TPSA) is 66.4 Å². The van der Waals surface area contributed by atoms with Crippen LogP contribution in [0.1, 0.15) is 61.8 Å². The molecule has 0 aliphatic rings. The van der Waals surface area contributed by atoms with Gasteiger partial charge in [0, 0.05) is 11.8 Å². The molecule has 4 heteroatoms. The summed E-state index contributed by atoms with van der Waals surface area (Å²) in [4.78, 5) is 23.3. The Bertz CT molecular complexity index is 430. The molecule has 0 radical (unpaired) electrons. The van der Waals surface area contributed by atoms with Crippen LogP contribution in [0.5, 0.6) is 0 Å². The fraction of sp³-hybridized carbons (Fsp3) is 0.778. The Morgan fingerprint density at radius 2 is 1.59 bits per heavy atom. The van der Waals surface area contributed by atoms with Gasteiger partial charge in [-0.3, -0.25) is 9.59 Å². The lowest BCUT2D eigenvalue weighted by Crippen LogP contribution is -2.45. The highest BCUT2D eigenvalue weighted by Crippen LogP contribution is 2.41. The molecule has 128 valence electrons. The number of aliphatic hydroxyl groups is 1. The van der Waals surface area contributed by atoms with Gasteiger partial charge in [0.1, 0.15) is 11.5 Å². The van der Waals surface area contributed by atoms with Gasteiger partial charge in [0.25, 0.3) is 0 Å². The molecule has 0 saturated heterocycles. The Kier molecular flexibility index (Phi) is 7.33. The molecule has 0 aliphatic carbocycles. The fourth-order valence-corrected chi connectivity index (χ4v) is 2.31. The molecular formula is C18H33NO3. The average Bonchev–Trinajstić information content (AvgIpc) is 2.39. The largest absolute Gasteiger partial charge is 0.511 e. The van der Waals surface area contributed by atoms with Crippen LogP contribution in [0.2, 0.25) is 0 Å². The first kappa shape index (κ1) is 20.7. The molecule has 0 aromatic carbocycles. The summed E-state index contributed by atoms with van der Waals surface area (Å²) in [7, 11) is 0. The standard InChI is InChI=1S/C18H33NO3/c1-12(20)9-10-15(21)11-19-16(22)18(7,8)14(3)13(2)17(4,5)6/h10,13-14,21H,9,11H2,1-8H3,(H,19,22). The second kappa shape index (κ2) is 7.80. The van der Waals surface area contributed by atoms with Crippen molar-refractivity contribution in [3.8, 4) is 0 Å². The summed E-state index contributed by atoms with van der Waals surface area (Å²) in [5.74, 6) is 0.478. The number of carbonyl (C=O) groups excluding carboxylic acids is 2. The second-order valence-electron chi connectivity index (χ2n) is 7.95. The summed E-state index contributed by atoms with van der Waals surface area (Å²) in [6.45, 7) is 16.2. The maximum absolute atomic E-state index is 12.5. The number of hydrogen-bond acceptors (Lipinski definition) is 3. The highest BCUT2D eigenvalue weighted by molar-refractivity contribution is 5.82. The van der Waals surface area contributed by atoms with Crippen LogP contribution in [-0.2, 0) is 9.59 Å². The average molecular weight is 311 g/mol. The van der Waals surface area contributed by atoms with Crippen LogP contribution in [0.15, 0.2) is 11.8 Å². The fourth-order valence-electron chi connectivity index (χ4n) is 2.31. The van der Waals surface area contributed by atoms with E-state index in [1.807, 2.05) is 13.8 Å². The van der Waals surface area contributed by atoms with Crippen LogP contribution in [0.3, 0.4) is 0 Å². The van der Waals surface area contributed by atoms with Crippen molar-refractivity contribution >= 4 is 11.7 Å². The van der Waals surface area contributed by atoms with Gasteiger partial charge in [0.2, 0.25) is 5.91 Å². The number of rotatable bonds is 7. The smallest absolute Gasteiger partial charge is 0.226 e. The van der Waals surface area contributed by atoms with Gasteiger partial charge in [-0.25, -0.2) is 0 Å². The molecular weight excluding hydrogens is 278 g/mol. The van der Waals surface area contributed by atoms with Crippen molar-refractivity contribution in [2.24, 2.45) is 22.7 Å². The number of ketones is 1. The SMILES string of the molecule is CC(=O)CC=C(O)CNC(=O)C(C)(C)C(C)C(C)C(C)(C)C. The first-order chi connectivity index (χ1) is 9.80. The molecule has 0 heterocycles. The van der Waals surface area contributed by atoms with E-state index in [1.54, 1.807) is 0 Å². The summed E-state index contributed by atoms with van der Waals surface area (Å²) in [6, 6.07) is 0. The molecule has 0 aliphatic heterocycles. The first-order valence-electron chi connectivity index (χ1n) is 7.95. The zero-order chi connectivity index (χ0) is 17.7. The van der Waals surface area contributed by atoms with Gasteiger partial charge in [-0.15, -0.1) is 0 Å². The molecule has 22 heavy (non-hydrogen) atoms. The molecule has 2 N–H and O–H groups in total. The Balaban J connectivity index is 4.76. The predicted octanol–water partition coefficient (Wildman–Crippen LogP) is 3.87. The molecule has 1 amide bonds. The third-order valence-corrected chi connectivity index (χ3v) is 4.89. The quantitative estimate of drug-likeness (QED) is 0.701. The number of carbonyl (C=O) groups is 2. The first-order valence-corrected chi connectivity index (χ1v) is 7.95. The van der Waals surface area contributed by atoms with Crippen LogP contribution in [0, 0.1) is 22.7 Å². The van der Waals surface area contributed by atoms with Crippen LogP contribution in [-0.4, -0.2) is 23.3 Å². The van der Waals surface area contributed by atoms with Gasteiger partial charge >= 0.3 is 0 Å². The van der Waals surface area contributed by atoms with E-state index in [1.165, 1.54) is 13.0 Å². The monoisotopic (exact) mass is 311 g/mol. The highest BCUT2D eigenvalue weighted by Gasteiger charge is 2.40. The lowest BCUT2D eigenvalue weighted by molar-refractivity contribution is -0.133. The molecule has 0 saturated carbocycles. The molecule has 0 fully saturated rings. The number of nitrogens with one attached hydrogen (secondary N) is 1. The van der Waals surface area contributed by atoms with Gasteiger partial charge in [-0.2, -0.15) is 0 Å². The Morgan fingerprint density at radius 1 is 1.09 bits per heavy atom. The van der Waals surface area contributed by atoms with Crippen molar-refractivity contribution in [2.75, 3.05) is 6.54 Å². The minimum absolute atomic E-state index is 0.0224. The van der Waals surface area contributed by atoms with E-state index in [0.29, 0.717) is 5.92 Å².